The summed E-state index contributed by atoms with van der Waals surface area (Å²) in [5, 5.41) is 7.91. The first-order valence-corrected chi connectivity index (χ1v) is 11.8. The SMILES string of the molecule is COc1ccc(C(CNC(=O)c2cn(Cc3ccccc3)nc2-c2cccc(OC)c2)N(C)C)cc1. The monoisotopic (exact) mass is 484 g/mol. The van der Waals surface area contributed by atoms with E-state index in [0.717, 1.165) is 22.4 Å². The van der Waals surface area contributed by atoms with Crippen molar-refractivity contribution in [3.8, 4) is 22.8 Å². The van der Waals surface area contributed by atoms with Gasteiger partial charge in [0.2, 0.25) is 0 Å². The molecule has 3 aromatic carbocycles. The second kappa shape index (κ2) is 11.6. The summed E-state index contributed by atoms with van der Waals surface area (Å²) < 4.78 is 12.5. The second-order valence-electron chi connectivity index (χ2n) is 8.77. The standard InChI is InChI=1S/C29H32N4O3/c1-32(2)27(22-13-15-24(35-3)16-14-22)18-30-29(34)26-20-33(19-21-9-6-5-7-10-21)31-28(26)23-11-8-12-25(17-23)36-4/h5-17,20,27H,18-19H2,1-4H3,(H,30,34). The van der Waals surface area contributed by atoms with Gasteiger partial charge >= 0.3 is 0 Å². The molecule has 1 atom stereocenters. The van der Waals surface area contributed by atoms with Crippen molar-refractivity contribution in [3.05, 3.63) is 102 Å². The van der Waals surface area contributed by atoms with Gasteiger partial charge in [0.05, 0.1) is 32.4 Å². The molecule has 1 amide bonds. The number of ether oxygens (including phenoxy) is 2. The molecule has 0 spiro atoms. The number of hydrogen-bond donors (Lipinski definition) is 1. The lowest BCUT2D eigenvalue weighted by molar-refractivity contribution is 0.0942. The number of hydrogen-bond acceptors (Lipinski definition) is 5. The van der Waals surface area contributed by atoms with Gasteiger partial charge < -0.3 is 19.7 Å². The number of carbonyl (C=O) groups excluding carboxylic acids is 1. The van der Waals surface area contributed by atoms with Crippen molar-refractivity contribution in [1.82, 2.24) is 20.0 Å². The average molecular weight is 485 g/mol. The number of amides is 1. The zero-order valence-corrected chi connectivity index (χ0v) is 21.1. The molecule has 4 aromatic rings. The van der Waals surface area contributed by atoms with Gasteiger partial charge in [0.1, 0.15) is 17.2 Å². The van der Waals surface area contributed by atoms with Gasteiger partial charge in [-0.15, -0.1) is 0 Å². The van der Waals surface area contributed by atoms with Crippen LogP contribution in [0.4, 0.5) is 0 Å². The van der Waals surface area contributed by atoms with Crippen molar-refractivity contribution < 1.29 is 14.3 Å². The van der Waals surface area contributed by atoms with E-state index in [1.807, 2.05) is 104 Å². The lowest BCUT2D eigenvalue weighted by atomic mass is 10.0. The third-order valence-corrected chi connectivity index (χ3v) is 6.12. The summed E-state index contributed by atoms with van der Waals surface area (Å²) >= 11 is 0. The fourth-order valence-corrected chi connectivity index (χ4v) is 4.13. The van der Waals surface area contributed by atoms with Crippen LogP contribution in [-0.4, -0.2) is 55.4 Å². The summed E-state index contributed by atoms with van der Waals surface area (Å²) in [4.78, 5) is 15.6. The molecule has 0 aliphatic rings. The predicted molar refractivity (Wildman–Crippen MR) is 142 cm³/mol. The number of carbonyl (C=O) groups is 1. The van der Waals surface area contributed by atoms with E-state index in [1.54, 1.807) is 14.2 Å². The highest BCUT2D eigenvalue weighted by Gasteiger charge is 2.21. The fraction of sp³-hybridized carbons (Fsp3) is 0.241. The summed E-state index contributed by atoms with van der Waals surface area (Å²) in [6, 6.07) is 25.6. The third kappa shape index (κ3) is 5.93. The van der Waals surface area contributed by atoms with E-state index in [0.29, 0.717) is 30.1 Å². The molecule has 7 nitrogen and oxygen atoms in total. The Bertz CT molecular complexity index is 1280. The van der Waals surface area contributed by atoms with Gasteiger partial charge in [-0.3, -0.25) is 9.48 Å². The number of rotatable bonds is 10. The Morgan fingerprint density at radius 3 is 2.33 bits per heavy atom. The van der Waals surface area contributed by atoms with Crippen LogP contribution in [0.15, 0.2) is 85.1 Å². The Balaban J connectivity index is 1.60. The fourth-order valence-electron chi connectivity index (χ4n) is 4.13. The Labute approximate surface area is 212 Å². The maximum absolute atomic E-state index is 13.5. The lowest BCUT2D eigenvalue weighted by Gasteiger charge is -2.25. The van der Waals surface area contributed by atoms with Crippen LogP contribution in [0.3, 0.4) is 0 Å². The second-order valence-corrected chi connectivity index (χ2v) is 8.77. The predicted octanol–water partition coefficient (Wildman–Crippen LogP) is 4.65. The van der Waals surface area contributed by atoms with Crippen LogP contribution in [-0.2, 0) is 6.54 Å². The van der Waals surface area contributed by atoms with E-state index in [4.69, 9.17) is 14.6 Å². The molecule has 4 rings (SSSR count). The molecule has 0 saturated heterocycles. The highest BCUT2D eigenvalue weighted by molar-refractivity contribution is 5.99. The van der Waals surface area contributed by atoms with Crippen LogP contribution < -0.4 is 14.8 Å². The van der Waals surface area contributed by atoms with E-state index >= 15 is 0 Å². The van der Waals surface area contributed by atoms with Crippen molar-refractivity contribution >= 4 is 5.91 Å². The number of aromatic nitrogens is 2. The molecule has 0 fully saturated rings. The molecule has 7 heteroatoms. The van der Waals surface area contributed by atoms with Crippen molar-refractivity contribution in [2.45, 2.75) is 12.6 Å². The van der Waals surface area contributed by atoms with Crippen LogP contribution in [0.1, 0.15) is 27.5 Å². The number of benzene rings is 3. The average Bonchev–Trinajstić information content (AvgIpc) is 3.33. The minimum Gasteiger partial charge on any atom is -0.497 e. The van der Waals surface area contributed by atoms with E-state index in [2.05, 4.69) is 10.2 Å². The Hall–Kier alpha value is -4.10. The maximum atomic E-state index is 13.5. The lowest BCUT2D eigenvalue weighted by Crippen LogP contribution is -2.34. The summed E-state index contributed by atoms with van der Waals surface area (Å²) in [5.41, 5.74) is 4.16. The van der Waals surface area contributed by atoms with Gasteiger partial charge in [-0.2, -0.15) is 5.10 Å². The summed E-state index contributed by atoms with van der Waals surface area (Å²) in [6.07, 6.45) is 1.81. The van der Waals surface area contributed by atoms with Crippen LogP contribution in [0.25, 0.3) is 11.3 Å². The Morgan fingerprint density at radius 1 is 0.944 bits per heavy atom. The van der Waals surface area contributed by atoms with E-state index < -0.39 is 0 Å². The molecule has 0 radical (unpaired) electrons. The molecule has 0 bridgehead atoms. The summed E-state index contributed by atoms with van der Waals surface area (Å²) in [7, 11) is 7.28. The Kier molecular flexibility index (Phi) is 8.02. The van der Waals surface area contributed by atoms with Gasteiger partial charge in [0, 0.05) is 18.3 Å². The first-order valence-electron chi connectivity index (χ1n) is 11.8. The smallest absolute Gasteiger partial charge is 0.255 e. The van der Waals surface area contributed by atoms with Crippen molar-refractivity contribution in [2.24, 2.45) is 0 Å². The molecule has 36 heavy (non-hydrogen) atoms. The maximum Gasteiger partial charge on any atom is 0.255 e. The molecule has 0 aliphatic carbocycles. The largest absolute Gasteiger partial charge is 0.497 e. The zero-order chi connectivity index (χ0) is 25.5. The molecule has 0 saturated carbocycles. The van der Waals surface area contributed by atoms with Crippen molar-refractivity contribution in [1.29, 1.82) is 0 Å². The number of methoxy groups -OCH3 is 2. The highest BCUT2D eigenvalue weighted by atomic mass is 16.5. The topological polar surface area (TPSA) is 68.6 Å². The molecular formula is C29H32N4O3. The van der Waals surface area contributed by atoms with Gasteiger partial charge in [0.15, 0.2) is 0 Å². The molecule has 1 N–H and O–H groups in total. The number of likely N-dealkylation sites (N-methyl/N-ethyl adjacent to an activating group) is 1. The summed E-state index contributed by atoms with van der Waals surface area (Å²) in [6.45, 7) is 1.01. The first kappa shape index (κ1) is 25.0. The molecule has 1 aromatic heterocycles. The van der Waals surface area contributed by atoms with Crippen LogP contribution in [0.2, 0.25) is 0 Å². The molecular weight excluding hydrogens is 452 g/mol. The molecule has 186 valence electrons. The van der Waals surface area contributed by atoms with Gasteiger partial charge in [-0.1, -0.05) is 54.6 Å². The zero-order valence-electron chi connectivity index (χ0n) is 21.1. The normalized spacial score (nSPS) is 11.8. The van der Waals surface area contributed by atoms with Crippen molar-refractivity contribution in [2.75, 3.05) is 34.9 Å². The quantitative estimate of drug-likeness (QED) is 0.355. The number of nitrogens with zero attached hydrogens (tertiary/aromatic N) is 3. The minimum absolute atomic E-state index is 0.000473. The van der Waals surface area contributed by atoms with Gasteiger partial charge in [-0.25, -0.2) is 0 Å². The van der Waals surface area contributed by atoms with Gasteiger partial charge in [-0.05, 0) is 49.5 Å². The van der Waals surface area contributed by atoms with E-state index in [-0.39, 0.29) is 11.9 Å². The minimum atomic E-state index is -0.174. The third-order valence-electron chi connectivity index (χ3n) is 6.12. The van der Waals surface area contributed by atoms with Crippen LogP contribution >= 0.6 is 0 Å². The molecule has 0 aliphatic heterocycles. The van der Waals surface area contributed by atoms with Crippen LogP contribution in [0.5, 0.6) is 11.5 Å². The van der Waals surface area contributed by atoms with Crippen LogP contribution in [0, 0.1) is 0 Å². The Morgan fingerprint density at radius 2 is 1.67 bits per heavy atom. The van der Waals surface area contributed by atoms with E-state index in [9.17, 15) is 4.79 Å². The number of nitrogens with one attached hydrogen (secondary N) is 1. The van der Waals surface area contributed by atoms with Crippen molar-refractivity contribution in [3.63, 3.8) is 0 Å². The highest BCUT2D eigenvalue weighted by Crippen LogP contribution is 2.27. The molecule has 1 heterocycles. The molecule has 1 unspecified atom stereocenters. The first-order chi connectivity index (χ1) is 17.5. The van der Waals surface area contributed by atoms with Gasteiger partial charge in [0.25, 0.3) is 5.91 Å². The van der Waals surface area contributed by atoms with E-state index in [1.165, 1.54) is 0 Å². The summed E-state index contributed by atoms with van der Waals surface area (Å²) in [5.74, 6) is 1.34.